The van der Waals surface area contributed by atoms with Crippen molar-refractivity contribution in [1.29, 1.82) is 0 Å². The molecule has 1 aromatic rings. The number of hydrogen-bond donors (Lipinski definition) is 2. The van der Waals surface area contributed by atoms with E-state index in [9.17, 15) is 23.1 Å². The molecule has 1 aromatic carbocycles. The number of alkyl halides is 3. The van der Waals surface area contributed by atoms with E-state index in [0.29, 0.717) is 12.1 Å². The number of rotatable bonds is 7. The van der Waals surface area contributed by atoms with Gasteiger partial charge >= 0.3 is 6.18 Å². The second kappa shape index (κ2) is 8.31. The van der Waals surface area contributed by atoms with Crippen LogP contribution in [0.5, 0.6) is 0 Å². The van der Waals surface area contributed by atoms with Crippen molar-refractivity contribution in [3.8, 4) is 0 Å². The molecule has 0 aromatic heterocycles. The maximum Gasteiger partial charge on any atom is 0.405 e. The van der Waals surface area contributed by atoms with Gasteiger partial charge in [0.1, 0.15) is 6.54 Å². The SMILES string of the molecule is CCN(CC(O)c1ccc(C)cc1)C(C)C(=O)NCC(F)(F)F. The van der Waals surface area contributed by atoms with Gasteiger partial charge in [-0.05, 0) is 26.0 Å². The summed E-state index contributed by atoms with van der Waals surface area (Å²) in [6, 6.07) is 6.56. The van der Waals surface area contributed by atoms with E-state index in [1.807, 2.05) is 24.4 Å². The fraction of sp³-hybridized carbons (Fsp3) is 0.562. The summed E-state index contributed by atoms with van der Waals surface area (Å²) in [4.78, 5) is 13.5. The van der Waals surface area contributed by atoms with E-state index in [2.05, 4.69) is 0 Å². The molecule has 23 heavy (non-hydrogen) atoms. The number of aliphatic hydroxyl groups is 1. The first-order valence-electron chi connectivity index (χ1n) is 7.47. The molecule has 0 aliphatic heterocycles. The number of hydrogen-bond acceptors (Lipinski definition) is 3. The highest BCUT2D eigenvalue weighted by Gasteiger charge is 2.30. The maximum absolute atomic E-state index is 12.2. The van der Waals surface area contributed by atoms with Crippen molar-refractivity contribution in [2.24, 2.45) is 0 Å². The minimum Gasteiger partial charge on any atom is -0.387 e. The molecule has 2 unspecified atom stereocenters. The minimum atomic E-state index is -4.44. The monoisotopic (exact) mass is 332 g/mol. The van der Waals surface area contributed by atoms with Crippen molar-refractivity contribution in [2.75, 3.05) is 19.6 Å². The smallest absolute Gasteiger partial charge is 0.387 e. The molecule has 0 fully saturated rings. The summed E-state index contributed by atoms with van der Waals surface area (Å²) in [7, 11) is 0. The van der Waals surface area contributed by atoms with E-state index in [-0.39, 0.29) is 6.54 Å². The minimum absolute atomic E-state index is 0.167. The summed E-state index contributed by atoms with van der Waals surface area (Å²) in [5, 5.41) is 12.1. The summed E-state index contributed by atoms with van der Waals surface area (Å²) >= 11 is 0. The van der Waals surface area contributed by atoms with Gasteiger partial charge in [0.25, 0.3) is 0 Å². The van der Waals surface area contributed by atoms with Gasteiger partial charge in [-0.3, -0.25) is 9.69 Å². The van der Waals surface area contributed by atoms with Gasteiger partial charge in [-0.25, -0.2) is 0 Å². The molecule has 4 nitrogen and oxygen atoms in total. The second-order valence-electron chi connectivity index (χ2n) is 5.52. The predicted octanol–water partition coefficient (Wildman–Crippen LogP) is 2.42. The molecule has 7 heteroatoms. The standard InChI is InChI=1S/C16H23F3N2O2/c1-4-21(12(3)15(23)20-10-16(17,18)19)9-14(22)13-7-5-11(2)6-8-13/h5-8,12,14,22H,4,9-10H2,1-3H3,(H,20,23). The van der Waals surface area contributed by atoms with Crippen molar-refractivity contribution in [3.63, 3.8) is 0 Å². The molecule has 0 heterocycles. The Hall–Kier alpha value is -1.60. The lowest BCUT2D eigenvalue weighted by molar-refractivity contribution is -0.141. The van der Waals surface area contributed by atoms with Crippen LogP contribution in [0.1, 0.15) is 31.1 Å². The largest absolute Gasteiger partial charge is 0.405 e. The highest BCUT2D eigenvalue weighted by Crippen LogP contribution is 2.17. The van der Waals surface area contributed by atoms with Gasteiger partial charge in [-0.1, -0.05) is 36.8 Å². The average molecular weight is 332 g/mol. The number of aryl methyl sites for hydroxylation is 1. The number of carbonyl (C=O) groups excluding carboxylic acids is 1. The first-order chi connectivity index (χ1) is 10.6. The highest BCUT2D eigenvalue weighted by atomic mass is 19.4. The fourth-order valence-corrected chi connectivity index (χ4v) is 2.18. The Labute approximate surface area is 134 Å². The van der Waals surface area contributed by atoms with Crippen LogP contribution >= 0.6 is 0 Å². The van der Waals surface area contributed by atoms with Crippen molar-refractivity contribution in [3.05, 3.63) is 35.4 Å². The Balaban J connectivity index is 2.64. The molecule has 2 atom stereocenters. The molecule has 0 aliphatic carbocycles. The van der Waals surface area contributed by atoms with E-state index in [4.69, 9.17) is 0 Å². The van der Waals surface area contributed by atoms with E-state index >= 15 is 0 Å². The van der Waals surface area contributed by atoms with Crippen LogP contribution in [0.4, 0.5) is 13.2 Å². The zero-order valence-corrected chi connectivity index (χ0v) is 13.5. The zero-order chi connectivity index (χ0) is 17.6. The summed E-state index contributed by atoms with van der Waals surface area (Å²) in [6.45, 7) is 4.49. The van der Waals surface area contributed by atoms with Crippen LogP contribution in [0.15, 0.2) is 24.3 Å². The third-order valence-corrected chi connectivity index (χ3v) is 3.67. The first-order valence-corrected chi connectivity index (χ1v) is 7.47. The summed E-state index contributed by atoms with van der Waals surface area (Å²) in [6.07, 6.45) is -5.25. The molecular formula is C16H23F3N2O2. The van der Waals surface area contributed by atoms with E-state index < -0.39 is 30.8 Å². The number of aliphatic hydroxyl groups excluding tert-OH is 1. The molecule has 0 aliphatic rings. The van der Waals surface area contributed by atoms with Gasteiger partial charge in [0.15, 0.2) is 0 Å². The molecule has 130 valence electrons. The van der Waals surface area contributed by atoms with Gasteiger partial charge in [0.2, 0.25) is 5.91 Å². The Bertz CT molecular complexity index is 503. The van der Waals surface area contributed by atoms with Crippen LogP contribution in [0.25, 0.3) is 0 Å². The Morgan fingerprint density at radius 1 is 1.30 bits per heavy atom. The van der Waals surface area contributed by atoms with Gasteiger partial charge in [0.05, 0.1) is 12.1 Å². The predicted molar refractivity (Wildman–Crippen MR) is 81.9 cm³/mol. The molecule has 1 rings (SSSR count). The summed E-state index contributed by atoms with van der Waals surface area (Å²) < 4.78 is 36.5. The van der Waals surface area contributed by atoms with Crippen LogP contribution in [-0.4, -0.2) is 47.8 Å². The van der Waals surface area contributed by atoms with E-state index in [0.717, 1.165) is 5.56 Å². The maximum atomic E-state index is 12.2. The van der Waals surface area contributed by atoms with Crippen molar-refractivity contribution < 1.29 is 23.1 Å². The highest BCUT2D eigenvalue weighted by molar-refractivity contribution is 5.81. The van der Waals surface area contributed by atoms with Crippen LogP contribution in [-0.2, 0) is 4.79 Å². The summed E-state index contributed by atoms with van der Waals surface area (Å²) in [5.41, 5.74) is 1.77. The normalized spacial score (nSPS) is 14.6. The molecule has 0 saturated heterocycles. The molecular weight excluding hydrogens is 309 g/mol. The Morgan fingerprint density at radius 3 is 2.35 bits per heavy atom. The lowest BCUT2D eigenvalue weighted by Gasteiger charge is -2.29. The van der Waals surface area contributed by atoms with Crippen LogP contribution < -0.4 is 5.32 Å². The number of amides is 1. The van der Waals surface area contributed by atoms with Gasteiger partial charge in [0, 0.05) is 6.54 Å². The lowest BCUT2D eigenvalue weighted by atomic mass is 10.1. The molecule has 2 N–H and O–H groups in total. The van der Waals surface area contributed by atoms with Crippen molar-refractivity contribution in [2.45, 2.75) is 39.1 Å². The van der Waals surface area contributed by atoms with Crippen molar-refractivity contribution >= 4 is 5.91 Å². The second-order valence-corrected chi connectivity index (χ2v) is 5.52. The third kappa shape index (κ3) is 6.58. The van der Waals surface area contributed by atoms with Crippen LogP contribution in [0.3, 0.4) is 0 Å². The average Bonchev–Trinajstić information content (AvgIpc) is 2.49. The number of carbonyl (C=O) groups is 1. The zero-order valence-electron chi connectivity index (χ0n) is 13.5. The topological polar surface area (TPSA) is 52.6 Å². The molecule has 0 bridgehead atoms. The molecule has 0 saturated carbocycles. The van der Waals surface area contributed by atoms with Gasteiger partial charge in [-0.2, -0.15) is 13.2 Å². The number of likely N-dealkylation sites (N-methyl/N-ethyl adjacent to an activating group) is 1. The fourth-order valence-electron chi connectivity index (χ4n) is 2.18. The van der Waals surface area contributed by atoms with E-state index in [1.54, 1.807) is 24.0 Å². The Kier molecular flexibility index (Phi) is 7.02. The molecule has 0 spiro atoms. The number of benzene rings is 1. The number of halogens is 3. The molecule has 0 radical (unpaired) electrons. The lowest BCUT2D eigenvalue weighted by Crippen LogP contribution is -2.48. The molecule has 1 amide bonds. The first kappa shape index (κ1) is 19.4. The Morgan fingerprint density at radius 2 is 1.87 bits per heavy atom. The van der Waals surface area contributed by atoms with Crippen LogP contribution in [0.2, 0.25) is 0 Å². The van der Waals surface area contributed by atoms with Gasteiger partial charge in [-0.15, -0.1) is 0 Å². The number of nitrogens with zero attached hydrogens (tertiary/aromatic N) is 1. The van der Waals surface area contributed by atoms with Crippen LogP contribution in [0, 0.1) is 6.92 Å². The third-order valence-electron chi connectivity index (χ3n) is 3.67. The van der Waals surface area contributed by atoms with Crippen molar-refractivity contribution in [1.82, 2.24) is 10.2 Å². The summed E-state index contributed by atoms with van der Waals surface area (Å²) in [5.74, 6) is -0.708. The van der Waals surface area contributed by atoms with E-state index in [1.165, 1.54) is 6.92 Å². The quantitative estimate of drug-likeness (QED) is 0.806. The number of nitrogens with one attached hydrogen (secondary N) is 1. The van der Waals surface area contributed by atoms with Gasteiger partial charge < -0.3 is 10.4 Å².